The molecule has 1 unspecified atom stereocenters. The first-order valence-electron chi connectivity index (χ1n) is 8.43. The predicted octanol–water partition coefficient (Wildman–Crippen LogP) is 3.90. The van der Waals surface area contributed by atoms with Crippen LogP contribution in [0.5, 0.6) is 0 Å². The molecule has 0 spiro atoms. The van der Waals surface area contributed by atoms with Gasteiger partial charge in [0.25, 0.3) is 5.91 Å². The second-order valence-electron chi connectivity index (χ2n) is 6.71. The Kier molecular flexibility index (Phi) is 5.40. The van der Waals surface area contributed by atoms with Crippen molar-refractivity contribution in [1.29, 1.82) is 0 Å². The molecule has 1 aliphatic carbocycles. The molecule has 0 aliphatic heterocycles. The number of aryl methyl sites for hydroxylation is 1. The molecule has 5 heteroatoms. The summed E-state index contributed by atoms with van der Waals surface area (Å²) in [7, 11) is 0. The lowest BCUT2D eigenvalue weighted by molar-refractivity contribution is 0.0239. The number of aliphatic hydroxyl groups excluding tert-OH is 1. The highest BCUT2D eigenvalue weighted by Crippen LogP contribution is 2.32. The highest BCUT2D eigenvalue weighted by Gasteiger charge is 2.35. The van der Waals surface area contributed by atoms with Gasteiger partial charge < -0.3 is 10.4 Å². The summed E-state index contributed by atoms with van der Waals surface area (Å²) >= 11 is 6.15. The first-order chi connectivity index (χ1) is 12.0. The van der Waals surface area contributed by atoms with Crippen LogP contribution in [0.4, 0.5) is 4.39 Å². The van der Waals surface area contributed by atoms with E-state index in [1.165, 1.54) is 6.07 Å². The molecule has 2 aromatic rings. The second-order valence-corrected chi connectivity index (χ2v) is 7.09. The summed E-state index contributed by atoms with van der Waals surface area (Å²) in [5.74, 6) is -0.959. The molecule has 1 atom stereocenters. The maximum atomic E-state index is 14.1. The van der Waals surface area contributed by atoms with Crippen molar-refractivity contribution >= 4 is 17.5 Å². The Balaban J connectivity index is 1.80. The van der Waals surface area contributed by atoms with E-state index in [1.807, 2.05) is 30.3 Å². The number of rotatable bonds is 5. The maximum absolute atomic E-state index is 14.1. The van der Waals surface area contributed by atoms with Crippen molar-refractivity contribution in [2.24, 2.45) is 5.92 Å². The SMILES string of the molecule is Cc1ccc(F)c(C(=O)NC(Cc2ccccc2)C2CC(O)C2)c1Cl. The van der Waals surface area contributed by atoms with Crippen LogP contribution < -0.4 is 5.32 Å². The molecule has 0 aromatic heterocycles. The molecule has 132 valence electrons. The summed E-state index contributed by atoms with van der Waals surface area (Å²) in [5, 5.41) is 12.7. The Labute approximate surface area is 151 Å². The van der Waals surface area contributed by atoms with Crippen molar-refractivity contribution in [1.82, 2.24) is 5.32 Å². The van der Waals surface area contributed by atoms with Gasteiger partial charge in [0.05, 0.1) is 16.7 Å². The third kappa shape index (κ3) is 4.02. The Morgan fingerprint density at radius 1 is 1.28 bits per heavy atom. The lowest BCUT2D eigenvalue weighted by Crippen LogP contribution is -2.48. The first-order valence-corrected chi connectivity index (χ1v) is 8.81. The molecule has 1 aliphatic rings. The lowest BCUT2D eigenvalue weighted by Gasteiger charge is -2.38. The van der Waals surface area contributed by atoms with Crippen molar-refractivity contribution in [3.8, 4) is 0 Å². The molecule has 2 N–H and O–H groups in total. The van der Waals surface area contributed by atoms with E-state index in [-0.39, 0.29) is 28.6 Å². The molecular formula is C20H21ClFNO2. The Hall–Kier alpha value is -1.91. The quantitative estimate of drug-likeness (QED) is 0.848. The molecule has 0 saturated heterocycles. The minimum absolute atomic E-state index is 0.111. The number of hydrogen-bond acceptors (Lipinski definition) is 2. The van der Waals surface area contributed by atoms with E-state index in [2.05, 4.69) is 5.32 Å². The molecule has 2 aromatic carbocycles. The average Bonchev–Trinajstić information content (AvgIpc) is 2.56. The molecule has 0 radical (unpaired) electrons. The highest BCUT2D eigenvalue weighted by atomic mass is 35.5. The first kappa shape index (κ1) is 17.9. The van der Waals surface area contributed by atoms with E-state index in [0.29, 0.717) is 24.8 Å². The van der Waals surface area contributed by atoms with Crippen LogP contribution in [0.3, 0.4) is 0 Å². The predicted molar refractivity (Wildman–Crippen MR) is 96.3 cm³/mol. The van der Waals surface area contributed by atoms with E-state index in [9.17, 15) is 14.3 Å². The van der Waals surface area contributed by atoms with Gasteiger partial charge in [-0.05, 0) is 49.3 Å². The Morgan fingerprint density at radius 2 is 1.96 bits per heavy atom. The van der Waals surface area contributed by atoms with Gasteiger partial charge in [-0.25, -0.2) is 4.39 Å². The van der Waals surface area contributed by atoms with Gasteiger partial charge in [0, 0.05) is 6.04 Å². The average molecular weight is 362 g/mol. The van der Waals surface area contributed by atoms with Crippen molar-refractivity contribution in [3.63, 3.8) is 0 Å². The van der Waals surface area contributed by atoms with Crippen LogP contribution in [0.15, 0.2) is 42.5 Å². The summed E-state index contributed by atoms with van der Waals surface area (Å²) in [6.45, 7) is 1.74. The summed E-state index contributed by atoms with van der Waals surface area (Å²) < 4.78 is 14.1. The van der Waals surface area contributed by atoms with Crippen molar-refractivity contribution < 1.29 is 14.3 Å². The number of amides is 1. The zero-order valence-electron chi connectivity index (χ0n) is 14.0. The zero-order valence-corrected chi connectivity index (χ0v) is 14.8. The third-order valence-corrected chi connectivity index (χ3v) is 5.33. The van der Waals surface area contributed by atoms with Gasteiger partial charge in [-0.3, -0.25) is 4.79 Å². The number of halogens is 2. The topological polar surface area (TPSA) is 49.3 Å². The molecule has 3 nitrogen and oxygen atoms in total. The lowest BCUT2D eigenvalue weighted by atomic mass is 9.75. The van der Waals surface area contributed by atoms with Crippen LogP contribution in [-0.2, 0) is 6.42 Å². The number of hydrogen-bond donors (Lipinski definition) is 2. The Bertz CT molecular complexity index is 760. The van der Waals surface area contributed by atoms with Crippen molar-refractivity contribution in [2.75, 3.05) is 0 Å². The molecule has 3 rings (SSSR count). The summed E-state index contributed by atoms with van der Waals surface area (Å²) in [4.78, 5) is 12.7. The van der Waals surface area contributed by atoms with E-state index < -0.39 is 11.7 Å². The maximum Gasteiger partial charge on any atom is 0.256 e. The number of carbonyl (C=O) groups is 1. The van der Waals surface area contributed by atoms with Crippen LogP contribution in [0.25, 0.3) is 0 Å². The highest BCUT2D eigenvalue weighted by molar-refractivity contribution is 6.34. The zero-order chi connectivity index (χ0) is 18.0. The van der Waals surface area contributed by atoms with Gasteiger partial charge in [-0.2, -0.15) is 0 Å². The van der Waals surface area contributed by atoms with Crippen molar-refractivity contribution in [2.45, 2.75) is 38.3 Å². The number of carbonyl (C=O) groups excluding carboxylic acids is 1. The standard InChI is InChI=1S/C20H21ClFNO2/c1-12-7-8-16(22)18(19(12)21)20(25)23-17(14-10-15(24)11-14)9-13-5-3-2-4-6-13/h2-8,14-15,17,24H,9-11H2,1H3,(H,23,25). The Morgan fingerprint density at radius 3 is 2.60 bits per heavy atom. The van der Waals surface area contributed by atoms with Crippen LogP contribution in [-0.4, -0.2) is 23.2 Å². The minimum atomic E-state index is -0.625. The molecular weight excluding hydrogens is 341 g/mol. The van der Waals surface area contributed by atoms with Gasteiger partial charge in [0.15, 0.2) is 0 Å². The van der Waals surface area contributed by atoms with Crippen LogP contribution in [0.2, 0.25) is 5.02 Å². The summed E-state index contributed by atoms with van der Waals surface area (Å²) in [6, 6.07) is 12.5. The smallest absolute Gasteiger partial charge is 0.256 e. The van der Waals surface area contributed by atoms with Gasteiger partial charge >= 0.3 is 0 Å². The number of aliphatic hydroxyl groups is 1. The number of nitrogens with one attached hydrogen (secondary N) is 1. The summed E-state index contributed by atoms with van der Waals surface area (Å²) in [6.07, 6.45) is 1.60. The largest absolute Gasteiger partial charge is 0.393 e. The van der Waals surface area contributed by atoms with Gasteiger partial charge in [-0.1, -0.05) is 48.0 Å². The van der Waals surface area contributed by atoms with E-state index in [1.54, 1.807) is 13.0 Å². The molecule has 25 heavy (non-hydrogen) atoms. The van der Waals surface area contributed by atoms with E-state index >= 15 is 0 Å². The van der Waals surface area contributed by atoms with Crippen LogP contribution >= 0.6 is 11.6 Å². The normalized spacial score (nSPS) is 20.6. The van der Waals surface area contributed by atoms with E-state index in [4.69, 9.17) is 11.6 Å². The van der Waals surface area contributed by atoms with Gasteiger partial charge in [0.1, 0.15) is 5.82 Å². The van der Waals surface area contributed by atoms with Crippen LogP contribution in [0, 0.1) is 18.7 Å². The number of benzene rings is 2. The van der Waals surface area contributed by atoms with Gasteiger partial charge in [0.2, 0.25) is 0 Å². The fraction of sp³-hybridized carbons (Fsp3) is 0.350. The monoisotopic (exact) mass is 361 g/mol. The molecule has 1 amide bonds. The fourth-order valence-corrected chi connectivity index (χ4v) is 3.51. The van der Waals surface area contributed by atoms with E-state index in [0.717, 1.165) is 5.56 Å². The molecule has 1 saturated carbocycles. The third-order valence-electron chi connectivity index (χ3n) is 4.84. The fourth-order valence-electron chi connectivity index (χ4n) is 3.27. The van der Waals surface area contributed by atoms with Gasteiger partial charge in [-0.15, -0.1) is 0 Å². The van der Waals surface area contributed by atoms with Crippen LogP contribution in [0.1, 0.15) is 34.3 Å². The summed E-state index contributed by atoms with van der Waals surface area (Å²) in [5.41, 5.74) is 1.64. The molecule has 1 fully saturated rings. The second kappa shape index (κ2) is 7.54. The van der Waals surface area contributed by atoms with Crippen molar-refractivity contribution in [3.05, 3.63) is 70.0 Å². The minimum Gasteiger partial charge on any atom is -0.393 e. The molecule has 0 bridgehead atoms. The molecule has 0 heterocycles.